The lowest BCUT2D eigenvalue weighted by molar-refractivity contribution is 0.544. The van der Waals surface area contributed by atoms with Gasteiger partial charge in [0.2, 0.25) is 0 Å². The van der Waals surface area contributed by atoms with Gasteiger partial charge in [-0.1, -0.05) is 32.9 Å². The highest BCUT2D eigenvalue weighted by Gasteiger charge is 2.26. The Bertz CT molecular complexity index is 613. The molecule has 2 rings (SSSR count). The Morgan fingerprint density at radius 3 is 2.57 bits per heavy atom. The lowest BCUT2D eigenvalue weighted by atomic mass is 9.87. The van der Waals surface area contributed by atoms with Gasteiger partial charge < -0.3 is 11.1 Å². The van der Waals surface area contributed by atoms with Crippen molar-refractivity contribution < 1.29 is 0 Å². The number of hydrogen-bond donors (Lipinski definition) is 2. The van der Waals surface area contributed by atoms with Crippen molar-refractivity contribution in [2.45, 2.75) is 32.2 Å². The summed E-state index contributed by atoms with van der Waals surface area (Å²) in [5.74, 6) is 0. The number of aromatic nitrogens is 2. The van der Waals surface area contributed by atoms with E-state index in [0.717, 1.165) is 21.4 Å². The summed E-state index contributed by atoms with van der Waals surface area (Å²) >= 11 is 3.57. The van der Waals surface area contributed by atoms with Gasteiger partial charge in [0, 0.05) is 40.9 Å². The normalized spacial score (nSPS) is 13.2. The monoisotopic (exact) mass is 350 g/mol. The van der Waals surface area contributed by atoms with Crippen LogP contribution in [0.5, 0.6) is 0 Å². The van der Waals surface area contributed by atoms with Crippen molar-refractivity contribution in [3.8, 4) is 0 Å². The molecule has 0 amide bonds. The van der Waals surface area contributed by atoms with Crippen LogP contribution in [0.2, 0.25) is 0 Å². The zero-order valence-electron chi connectivity index (χ0n) is 13.0. The Labute approximate surface area is 134 Å². The second kappa shape index (κ2) is 6.20. The summed E-state index contributed by atoms with van der Waals surface area (Å²) in [5, 5.41) is 8.14. The van der Waals surface area contributed by atoms with Gasteiger partial charge in [0.1, 0.15) is 0 Å². The third kappa shape index (κ3) is 3.66. The van der Waals surface area contributed by atoms with Crippen molar-refractivity contribution in [3.05, 3.63) is 46.2 Å². The SMILES string of the molecule is Cn1cc(C(CN)Nc2ccccc2Br)c(C(C)(C)C)n1. The maximum Gasteiger partial charge on any atom is 0.0731 e. The molecule has 1 unspecified atom stereocenters. The van der Waals surface area contributed by atoms with Crippen LogP contribution in [0.3, 0.4) is 0 Å². The van der Waals surface area contributed by atoms with E-state index in [0.29, 0.717) is 6.54 Å². The average molecular weight is 351 g/mol. The molecule has 0 saturated heterocycles. The summed E-state index contributed by atoms with van der Waals surface area (Å²) in [5.41, 5.74) is 9.27. The minimum Gasteiger partial charge on any atom is -0.376 e. The van der Waals surface area contributed by atoms with Gasteiger partial charge in [0.25, 0.3) is 0 Å². The highest BCUT2D eigenvalue weighted by Crippen LogP contribution is 2.31. The van der Waals surface area contributed by atoms with Crippen LogP contribution in [0, 0.1) is 0 Å². The van der Waals surface area contributed by atoms with Crippen LogP contribution >= 0.6 is 15.9 Å². The molecule has 4 nitrogen and oxygen atoms in total. The summed E-state index contributed by atoms with van der Waals surface area (Å²) in [6.07, 6.45) is 2.06. The molecule has 114 valence electrons. The predicted molar refractivity (Wildman–Crippen MR) is 91.5 cm³/mol. The molecule has 0 spiro atoms. The van der Waals surface area contributed by atoms with Crippen molar-refractivity contribution in [3.63, 3.8) is 0 Å². The molecule has 5 heteroatoms. The third-order valence-corrected chi connectivity index (χ3v) is 4.07. The van der Waals surface area contributed by atoms with Crippen molar-refractivity contribution in [2.24, 2.45) is 12.8 Å². The zero-order valence-corrected chi connectivity index (χ0v) is 14.6. The van der Waals surface area contributed by atoms with E-state index in [2.05, 4.69) is 53.3 Å². The number of aryl methyl sites for hydroxylation is 1. The van der Waals surface area contributed by atoms with Crippen LogP contribution in [0.15, 0.2) is 34.9 Å². The molecule has 3 N–H and O–H groups in total. The number of nitrogens with two attached hydrogens (primary N) is 1. The Morgan fingerprint density at radius 2 is 2.00 bits per heavy atom. The summed E-state index contributed by atoms with van der Waals surface area (Å²) in [6.45, 7) is 7.02. The number of para-hydroxylation sites is 1. The number of nitrogens with zero attached hydrogens (tertiary/aromatic N) is 2. The van der Waals surface area contributed by atoms with E-state index in [-0.39, 0.29) is 11.5 Å². The number of halogens is 1. The second-order valence-electron chi connectivity index (χ2n) is 6.27. The first-order valence-electron chi connectivity index (χ1n) is 7.08. The van der Waals surface area contributed by atoms with Gasteiger partial charge in [-0.15, -0.1) is 0 Å². The van der Waals surface area contributed by atoms with Gasteiger partial charge in [0.05, 0.1) is 11.7 Å². The van der Waals surface area contributed by atoms with Gasteiger partial charge in [-0.05, 0) is 28.1 Å². The van der Waals surface area contributed by atoms with Gasteiger partial charge in [-0.2, -0.15) is 5.10 Å². The summed E-state index contributed by atoms with van der Waals surface area (Å²) < 4.78 is 2.89. The maximum absolute atomic E-state index is 6.01. The largest absolute Gasteiger partial charge is 0.376 e. The Kier molecular flexibility index (Phi) is 4.74. The lowest BCUT2D eigenvalue weighted by Gasteiger charge is -2.23. The second-order valence-corrected chi connectivity index (χ2v) is 7.12. The Hall–Kier alpha value is -1.33. The summed E-state index contributed by atoms with van der Waals surface area (Å²) in [4.78, 5) is 0. The van der Waals surface area contributed by atoms with Gasteiger partial charge in [-0.25, -0.2) is 0 Å². The smallest absolute Gasteiger partial charge is 0.0731 e. The van der Waals surface area contributed by atoms with Gasteiger partial charge in [-0.3, -0.25) is 4.68 Å². The Morgan fingerprint density at radius 1 is 1.33 bits per heavy atom. The molecule has 21 heavy (non-hydrogen) atoms. The van der Waals surface area contributed by atoms with Crippen molar-refractivity contribution in [1.82, 2.24) is 9.78 Å². The highest BCUT2D eigenvalue weighted by atomic mass is 79.9. The van der Waals surface area contributed by atoms with Crippen molar-refractivity contribution in [2.75, 3.05) is 11.9 Å². The van der Waals surface area contributed by atoms with Crippen LogP contribution in [0.4, 0.5) is 5.69 Å². The molecular weight excluding hydrogens is 328 g/mol. The maximum atomic E-state index is 6.01. The molecule has 0 saturated carbocycles. The average Bonchev–Trinajstić information content (AvgIpc) is 2.80. The van der Waals surface area contributed by atoms with E-state index in [9.17, 15) is 0 Å². The molecule has 0 radical (unpaired) electrons. The number of nitrogens with one attached hydrogen (secondary N) is 1. The summed E-state index contributed by atoms with van der Waals surface area (Å²) in [6, 6.07) is 8.10. The molecule has 1 heterocycles. The van der Waals surface area contributed by atoms with Gasteiger partial charge >= 0.3 is 0 Å². The predicted octanol–water partition coefficient (Wildman–Crippen LogP) is 3.59. The van der Waals surface area contributed by atoms with Crippen LogP contribution in [0.25, 0.3) is 0 Å². The minimum atomic E-state index is -0.0143. The van der Waals surface area contributed by atoms with E-state index in [1.165, 1.54) is 0 Å². The molecule has 1 aromatic carbocycles. The third-order valence-electron chi connectivity index (χ3n) is 3.38. The standard InChI is InChI=1S/C16H23BrN4/c1-16(2,3)15-11(10-21(4)20-15)14(9-18)19-13-8-6-5-7-12(13)17/h5-8,10,14,19H,9,18H2,1-4H3. The van der Waals surface area contributed by atoms with Crippen LogP contribution in [0.1, 0.15) is 38.1 Å². The molecule has 1 atom stereocenters. The number of anilines is 1. The number of hydrogen-bond acceptors (Lipinski definition) is 3. The van der Waals surface area contributed by atoms with Crippen LogP contribution in [-0.2, 0) is 12.5 Å². The zero-order chi connectivity index (χ0) is 15.6. The first kappa shape index (κ1) is 16.0. The van der Waals surface area contributed by atoms with Gasteiger partial charge in [0.15, 0.2) is 0 Å². The fourth-order valence-electron chi connectivity index (χ4n) is 2.37. The van der Waals surface area contributed by atoms with E-state index in [4.69, 9.17) is 5.73 Å². The van der Waals surface area contributed by atoms with Crippen LogP contribution < -0.4 is 11.1 Å². The fourth-order valence-corrected chi connectivity index (χ4v) is 2.77. The van der Waals surface area contributed by atoms with E-state index >= 15 is 0 Å². The molecule has 0 aliphatic heterocycles. The van der Waals surface area contributed by atoms with E-state index in [1.54, 1.807) is 0 Å². The molecule has 0 aliphatic carbocycles. The topological polar surface area (TPSA) is 55.9 Å². The molecule has 0 bridgehead atoms. The van der Waals surface area contributed by atoms with E-state index < -0.39 is 0 Å². The molecular formula is C16H23BrN4. The quantitative estimate of drug-likeness (QED) is 0.885. The molecule has 0 aliphatic rings. The fraction of sp³-hybridized carbons (Fsp3) is 0.438. The van der Waals surface area contributed by atoms with Crippen LogP contribution in [-0.4, -0.2) is 16.3 Å². The highest BCUT2D eigenvalue weighted by molar-refractivity contribution is 9.10. The molecule has 2 aromatic rings. The van der Waals surface area contributed by atoms with Crippen molar-refractivity contribution in [1.29, 1.82) is 0 Å². The van der Waals surface area contributed by atoms with Crippen molar-refractivity contribution >= 4 is 21.6 Å². The Balaban J connectivity index is 2.37. The first-order valence-corrected chi connectivity index (χ1v) is 7.87. The minimum absolute atomic E-state index is 0.0143. The van der Waals surface area contributed by atoms with E-state index in [1.807, 2.05) is 36.0 Å². The molecule has 0 fully saturated rings. The number of benzene rings is 1. The first-order chi connectivity index (χ1) is 9.82. The number of rotatable bonds is 4. The summed E-state index contributed by atoms with van der Waals surface area (Å²) in [7, 11) is 1.95. The lowest BCUT2D eigenvalue weighted by Crippen LogP contribution is -2.24. The molecule has 1 aromatic heterocycles.